The highest BCUT2D eigenvalue weighted by molar-refractivity contribution is 5.95. The molecule has 158 valence electrons. The van der Waals surface area contributed by atoms with Crippen molar-refractivity contribution >= 4 is 11.9 Å². The minimum atomic E-state index is -0.833. The number of imidazole rings is 1. The number of hydrogen-bond acceptors (Lipinski definition) is 4. The fourth-order valence-electron chi connectivity index (χ4n) is 2.71. The van der Waals surface area contributed by atoms with Gasteiger partial charge < -0.3 is 20.4 Å². The first-order valence-corrected chi connectivity index (χ1v) is 9.21. The summed E-state index contributed by atoms with van der Waals surface area (Å²) in [7, 11) is 0. The number of carbonyl (C=O) groups is 2. The Labute approximate surface area is 172 Å². The van der Waals surface area contributed by atoms with Crippen molar-refractivity contribution in [3.8, 4) is 11.3 Å². The maximum absolute atomic E-state index is 14.0. The summed E-state index contributed by atoms with van der Waals surface area (Å²) in [4.78, 5) is 43.0. The second kappa shape index (κ2) is 10.1. The van der Waals surface area contributed by atoms with E-state index in [1.807, 2.05) is 13.8 Å². The minimum absolute atomic E-state index is 0.173. The molecular weight excluding hydrogens is 391 g/mol. The largest absolute Gasteiger partial charge is 0.481 e. The molecule has 0 radical (unpaired) electrons. The van der Waals surface area contributed by atoms with Crippen LogP contribution in [0, 0.1) is 12.7 Å². The van der Waals surface area contributed by atoms with E-state index in [1.54, 1.807) is 24.4 Å². The van der Waals surface area contributed by atoms with Gasteiger partial charge in [-0.15, -0.1) is 0 Å². The molecule has 9 heteroatoms. The third-order valence-electron chi connectivity index (χ3n) is 4.01. The Balaban J connectivity index is 0.000000735. The SMILES string of the molecule is CC(=O)O.CCC(NC(=O)c1cc(F)cc(-c2cccc(=O)[nH]2)c1)c1ncc(C)[nH]1. The van der Waals surface area contributed by atoms with Crippen molar-refractivity contribution in [1.82, 2.24) is 20.3 Å². The van der Waals surface area contributed by atoms with Crippen LogP contribution in [0.3, 0.4) is 0 Å². The molecule has 0 saturated carbocycles. The highest BCUT2D eigenvalue weighted by atomic mass is 19.1. The van der Waals surface area contributed by atoms with Crippen molar-refractivity contribution in [3.05, 3.63) is 75.8 Å². The molecule has 1 unspecified atom stereocenters. The van der Waals surface area contributed by atoms with E-state index in [4.69, 9.17) is 9.90 Å². The number of pyridine rings is 1. The van der Waals surface area contributed by atoms with E-state index in [2.05, 4.69) is 20.3 Å². The van der Waals surface area contributed by atoms with E-state index < -0.39 is 17.7 Å². The molecule has 0 aliphatic rings. The second-order valence-electron chi connectivity index (χ2n) is 6.56. The quantitative estimate of drug-likeness (QED) is 0.510. The van der Waals surface area contributed by atoms with Gasteiger partial charge >= 0.3 is 0 Å². The van der Waals surface area contributed by atoms with Crippen LogP contribution in [0.25, 0.3) is 11.3 Å². The van der Waals surface area contributed by atoms with Crippen LogP contribution >= 0.6 is 0 Å². The average Bonchev–Trinajstić information content (AvgIpc) is 3.11. The number of nitrogens with zero attached hydrogens (tertiary/aromatic N) is 1. The van der Waals surface area contributed by atoms with Crippen LogP contribution in [0.1, 0.15) is 48.2 Å². The highest BCUT2D eigenvalue weighted by Gasteiger charge is 2.18. The molecule has 3 rings (SSSR count). The van der Waals surface area contributed by atoms with Crippen LogP contribution in [0.15, 0.2) is 47.4 Å². The molecule has 30 heavy (non-hydrogen) atoms. The molecule has 1 amide bonds. The van der Waals surface area contributed by atoms with Gasteiger partial charge in [-0.1, -0.05) is 13.0 Å². The van der Waals surface area contributed by atoms with E-state index in [-0.39, 0.29) is 17.2 Å². The number of hydrogen-bond donors (Lipinski definition) is 4. The molecule has 0 aliphatic heterocycles. The molecule has 1 aromatic carbocycles. The zero-order valence-corrected chi connectivity index (χ0v) is 16.8. The summed E-state index contributed by atoms with van der Waals surface area (Å²) in [5.74, 6) is -1.15. The summed E-state index contributed by atoms with van der Waals surface area (Å²) in [5.41, 5.74) is 1.65. The lowest BCUT2D eigenvalue weighted by atomic mass is 10.1. The maximum Gasteiger partial charge on any atom is 0.300 e. The Kier molecular flexibility index (Phi) is 7.62. The lowest BCUT2D eigenvalue weighted by Crippen LogP contribution is -2.29. The normalized spacial score (nSPS) is 11.2. The first-order valence-electron chi connectivity index (χ1n) is 9.21. The van der Waals surface area contributed by atoms with Gasteiger partial charge in [0.1, 0.15) is 11.6 Å². The number of nitrogens with one attached hydrogen (secondary N) is 3. The third kappa shape index (κ3) is 6.40. The monoisotopic (exact) mass is 414 g/mol. The zero-order valence-electron chi connectivity index (χ0n) is 16.8. The molecule has 3 aromatic rings. The first kappa shape index (κ1) is 22.5. The van der Waals surface area contributed by atoms with Gasteiger partial charge in [0.2, 0.25) is 5.56 Å². The number of carbonyl (C=O) groups excluding carboxylic acids is 1. The molecule has 8 nitrogen and oxygen atoms in total. The van der Waals surface area contributed by atoms with Crippen LogP contribution in [-0.2, 0) is 4.79 Å². The van der Waals surface area contributed by atoms with Crippen LogP contribution in [0.5, 0.6) is 0 Å². The Morgan fingerprint density at radius 1 is 1.23 bits per heavy atom. The molecule has 2 aromatic heterocycles. The van der Waals surface area contributed by atoms with Gasteiger partial charge in [-0.2, -0.15) is 0 Å². The Bertz CT molecular complexity index is 1090. The van der Waals surface area contributed by atoms with E-state index in [0.717, 1.165) is 12.6 Å². The van der Waals surface area contributed by atoms with Gasteiger partial charge in [0.25, 0.3) is 11.9 Å². The standard InChI is InChI=1S/C19H19FN4O2.C2H4O2/c1-3-15(18-21-10-11(2)22-18)24-19(26)13-7-12(8-14(20)9-13)16-5-4-6-17(25)23-16;1-2(3)4/h4-10,15H,3H2,1-2H3,(H,21,22)(H,23,25)(H,24,26);1H3,(H,3,4). The fraction of sp³-hybridized carbons (Fsp3) is 0.238. The lowest BCUT2D eigenvalue weighted by Gasteiger charge is -2.15. The van der Waals surface area contributed by atoms with Gasteiger partial charge in [-0.25, -0.2) is 9.37 Å². The zero-order chi connectivity index (χ0) is 22.3. The summed E-state index contributed by atoms with van der Waals surface area (Å²) in [6.07, 6.45) is 2.32. The average molecular weight is 414 g/mol. The van der Waals surface area contributed by atoms with E-state index in [9.17, 15) is 14.0 Å². The molecule has 0 aliphatic carbocycles. The smallest absolute Gasteiger partial charge is 0.300 e. The van der Waals surface area contributed by atoms with Crippen LogP contribution in [0.4, 0.5) is 4.39 Å². The highest BCUT2D eigenvalue weighted by Crippen LogP contribution is 2.20. The number of aromatic nitrogens is 3. The third-order valence-corrected chi connectivity index (χ3v) is 4.01. The van der Waals surface area contributed by atoms with Crippen molar-refractivity contribution in [2.24, 2.45) is 0 Å². The summed E-state index contributed by atoms with van der Waals surface area (Å²) in [6, 6.07) is 8.27. The van der Waals surface area contributed by atoms with Crippen molar-refractivity contribution in [3.63, 3.8) is 0 Å². The van der Waals surface area contributed by atoms with Crippen LogP contribution < -0.4 is 10.9 Å². The Hall–Kier alpha value is -3.75. The number of H-pyrrole nitrogens is 2. The number of rotatable bonds is 5. The van der Waals surface area contributed by atoms with Crippen molar-refractivity contribution < 1.29 is 19.1 Å². The van der Waals surface area contributed by atoms with E-state index in [0.29, 0.717) is 23.5 Å². The molecule has 2 heterocycles. The van der Waals surface area contributed by atoms with E-state index >= 15 is 0 Å². The molecule has 0 bridgehead atoms. The predicted molar refractivity (Wildman–Crippen MR) is 110 cm³/mol. The van der Waals surface area contributed by atoms with E-state index in [1.165, 1.54) is 18.2 Å². The molecular formula is C21H23FN4O4. The van der Waals surface area contributed by atoms with Gasteiger partial charge in [0.05, 0.1) is 6.04 Å². The van der Waals surface area contributed by atoms with Crippen molar-refractivity contribution in [1.29, 1.82) is 0 Å². The van der Waals surface area contributed by atoms with Crippen molar-refractivity contribution in [2.75, 3.05) is 0 Å². The second-order valence-corrected chi connectivity index (χ2v) is 6.56. The number of benzene rings is 1. The summed E-state index contributed by atoms with van der Waals surface area (Å²) < 4.78 is 14.0. The number of carboxylic acid groups (broad SMARTS) is 1. The molecule has 1 atom stereocenters. The van der Waals surface area contributed by atoms with Crippen molar-refractivity contribution in [2.45, 2.75) is 33.2 Å². The molecule has 4 N–H and O–H groups in total. The predicted octanol–water partition coefficient (Wildman–Crippen LogP) is 3.18. The fourth-order valence-corrected chi connectivity index (χ4v) is 2.71. The number of halogens is 1. The maximum atomic E-state index is 14.0. The summed E-state index contributed by atoms with van der Waals surface area (Å²) in [5, 5.41) is 10.3. The summed E-state index contributed by atoms with van der Waals surface area (Å²) in [6.45, 7) is 4.89. The first-order chi connectivity index (χ1) is 14.2. The number of carboxylic acids is 1. The number of aromatic amines is 2. The van der Waals surface area contributed by atoms with Gasteiger partial charge in [-0.3, -0.25) is 14.4 Å². The molecule has 0 fully saturated rings. The Morgan fingerprint density at radius 3 is 2.50 bits per heavy atom. The lowest BCUT2D eigenvalue weighted by molar-refractivity contribution is -0.134. The van der Waals surface area contributed by atoms with Crippen LogP contribution in [-0.4, -0.2) is 31.9 Å². The minimum Gasteiger partial charge on any atom is -0.481 e. The van der Waals surface area contributed by atoms with Gasteiger partial charge in [-0.05, 0) is 37.6 Å². The molecule has 0 spiro atoms. The Morgan fingerprint density at radius 2 is 1.93 bits per heavy atom. The van der Waals surface area contributed by atoms with Crippen LogP contribution in [0.2, 0.25) is 0 Å². The molecule has 0 saturated heterocycles. The number of aliphatic carboxylic acids is 1. The van der Waals surface area contributed by atoms with Gasteiger partial charge in [0.15, 0.2) is 0 Å². The number of amides is 1. The van der Waals surface area contributed by atoms with Gasteiger partial charge in [0, 0.05) is 41.7 Å². The summed E-state index contributed by atoms with van der Waals surface area (Å²) >= 11 is 0. The topological polar surface area (TPSA) is 128 Å². The number of aryl methyl sites for hydroxylation is 1.